The monoisotopic (exact) mass is 452 g/mol. The van der Waals surface area contributed by atoms with E-state index in [2.05, 4.69) is 10.6 Å². The molecule has 0 aromatic heterocycles. The van der Waals surface area contributed by atoms with Gasteiger partial charge in [-0.15, -0.1) is 0 Å². The largest absolute Gasteiger partial charge is 0.370 e. The molecule has 2 aromatic carbocycles. The normalized spacial score (nSPS) is 28.2. The van der Waals surface area contributed by atoms with Crippen LogP contribution in [0.15, 0.2) is 42.5 Å². The van der Waals surface area contributed by atoms with E-state index in [1.54, 1.807) is 49.4 Å². The van der Waals surface area contributed by atoms with Crippen LogP contribution in [0.25, 0.3) is 0 Å². The zero-order valence-corrected chi connectivity index (χ0v) is 18.0. The molecule has 1 spiro atoms. The molecule has 0 radical (unpaired) electrons. The molecule has 3 aliphatic heterocycles. The first kappa shape index (κ1) is 20.7. The van der Waals surface area contributed by atoms with E-state index < -0.39 is 47.0 Å². The van der Waals surface area contributed by atoms with Crippen LogP contribution in [0.2, 0.25) is 5.02 Å². The summed E-state index contributed by atoms with van der Waals surface area (Å²) >= 11 is 6.26. The Kier molecular flexibility index (Phi) is 4.61. The smallest absolute Gasteiger partial charge is 0.250 e. The second-order valence-electron chi connectivity index (χ2n) is 8.46. The number of primary amides is 1. The molecule has 8 nitrogen and oxygen atoms in total. The lowest BCUT2D eigenvalue weighted by molar-refractivity contribution is -0.130. The maximum absolute atomic E-state index is 13.7. The molecule has 2 aromatic rings. The molecule has 9 heteroatoms. The number of benzene rings is 2. The molecular formula is C23H21ClN4O4. The molecule has 4 N–H and O–H groups in total. The van der Waals surface area contributed by atoms with Gasteiger partial charge in [-0.2, -0.15) is 0 Å². The highest BCUT2D eigenvalue weighted by Crippen LogP contribution is 2.55. The number of hydrogen-bond donors (Lipinski definition) is 3. The fourth-order valence-corrected chi connectivity index (χ4v) is 5.52. The third-order valence-corrected chi connectivity index (χ3v) is 7.21. The fraction of sp³-hybridized carbons (Fsp3) is 0.304. The van der Waals surface area contributed by atoms with Crippen molar-refractivity contribution in [1.82, 2.24) is 5.32 Å². The van der Waals surface area contributed by atoms with Gasteiger partial charge in [0, 0.05) is 23.0 Å². The summed E-state index contributed by atoms with van der Waals surface area (Å²) in [7, 11) is 0. The number of amides is 4. The van der Waals surface area contributed by atoms with Crippen molar-refractivity contribution < 1.29 is 19.2 Å². The highest BCUT2D eigenvalue weighted by Gasteiger charge is 2.70. The first-order chi connectivity index (χ1) is 15.3. The number of carbonyl (C=O) groups excluding carboxylic acids is 4. The van der Waals surface area contributed by atoms with Crippen molar-refractivity contribution in [3.8, 4) is 0 Å². The summed E-state index contributed by atoms with van der Waals surface area (Å²) in [6.45, 7) is 1.79. The van der Waals surface area contributed by atoms with Crippen molar-refractivity contribution >= 4 is 46.6 Å². The third-order valence-electron chi connectivity index (χ3n) is 6.80. The van der Waals surface area contributed by atoms with Crippen molar-refractivity contribution in [2.75, 3.05) is 10.2 Å². The van der Waals surface area contributed by atoms with Crippen molar-refractivity contribution in [2.24, 2.45) is 17.6 Å². The minimum atomic E-state index is -1.44. The van der Waals surface area contributed by atoms with Crippen LogP contribution in [-0.2, 0) is 24.7 Å². The number of nitrogens with two attached hydrogens (primary N) is 1. The summed E-state index contributed by atoms with van der Waals surface area (Å²) in [6, 6.07) is 11.5. The molecule has 3 heterocycles. The third kappa shape index (κ3) is 2.66. The Labute approximate surface area is 189 Å². The molecule has 4 atom stereocenters. The second-order valence-corrected chi connectivity index (χ2v) is 8.87. The summed E-state index contributed by atoms with van der Waals surface area (Å²) in [5.74, 6) is -3.54. The second kappa shape index (κ2) is 7.15. The van der Waals surface area contributed by atoms with Crippen molar-refractivity contribution in [3.63, 3.8) is 0 Å². The van der Waals surface area contributed by atoms with Crippen LogP contribution in [-0.4, -0.2) is 29.7 Å². The van der Waals surface area contributed by atoms with Crippen LogP contribution in [0.3, 0.4) is 0 Å². The Balaban J connectivity index is 1.67. The molecule has 3 aliphatic rings. The molecule has 2 saturated heterocycles. The fourth-order valence-electron chi connectivity index (χ4n) is 5.37. The van der Waals surface area contributed by atoms with Gasteiger partial charge in [-0.1, -0.05) is 35.9 Å². The van der Waals surface area contributed by atoms with Gasteiger partial charge < -0.3 is 11.1 Å². The van der Waals surface area contributed by atoms with Crippen LogP contribution in [0.1, 0.15) is 24.0 Å². The maximum atomic E-state index is 13.7. The number of nitrogens with one attached hydrogen (secondary N) is 2. The van der Waals surface area contributed by atoms with Crippen molar-refractivity contribution in [1.29, 1.82) is 0 Å². The zero-order chi connectivity index (χ0) is 22.8. The summed E-state index contributed by atoms with van der Waals surface area (Å²) in [4.78, 5) is 53.3. The Morgan fingerprint density at radius 3 is 2.53 bits per heavy atom. The van der Waals surface area contributed by atoms with E-state index in [0.717, 1.165) is 4.90 Å². The van der Waals surface area contributed by atoms with Crippen LogP contribution < -0.4 is 21.3 Å². The number of nitrogens with zero attached hydrogens (tertiary/aromatic N) is 1. The SMILES string of the molecule is Cc1c(Cl)ccc2c1NC(=O)C21NC(CCC(N)=O)C2C(=O)N(c3ccccc3)C(=O)C21. The van der Waals surface area contributed by atoms with E-state index in [1.165, 1.54) is 0 Å². The zero-order valence-electron chi connectivity index (χ0n) is 17.2. The van der Waals surface area contributed by atoms with E-state index >= 15 is 0 Å². The van der Waals surface area contributed by atoms with Crippen LogP contribution in [0.5, 0.6) is 0 Å². The number of anilines is 2. The minimum Gasteiger partial charge on any atom is -0.370 e. The number of fused-ring (bicyclic) bond motifs is 4. The highest BCUT2D eigenvalue weighted by atomic mass is 35.5. The Hall–Kier alpha value is -3.23. The lowest BCUT2D eigenvalue weighted by Crippen LogP contribution is -2.53. The van der Waals surface area contributed by atoms with E-state index in [1.807, 2.05) is 0 Å². The van der Waals surface area contributed by atoms with Gasteiger partial charge in [0.2, 0.25) is 23.6 Å². The lowest BCUT2D eigenvalue weighted by atomic mass is 9.76. The average molecular weight is 453 g/mol. The number of para-hydroxylation sites is 1. The summed E-state index contributed by atoms with van der Waals surface area (Å²) in [6.07, 6.45) is 0.257. The maximum Gasteiger partial charge on any atom is 0.250 e. The van der Waals surface area contributed by atoms with Gasteiger partial charge >= 0.3 is 0 Å². The standard InChI is InChI=1S/C23H21ClN4O4/c1-11-14(24)8-7-13-19(11)26-22(32)23(13)18-17(15(27-23)9-10-16(25)29)20(30)28(21(18)31)12-5-3-2-4-6-12/h2-8,15,17-18,27H,9-10H2,1H3,(H2,25,29)(H,26,32). The molecular weight excluding hydrogens is 432 g/mol. The van der Waals surface area contributed by atoms with Gasteiger partial charge in [-0.05, 0) is 37.1 Å². The van der Waals surface area contributed by atoms with Crippen LogP contribution in [0.4, 0.5) is 11.4 Å². The van der Waals surface area contributed by atoms with Gasteiger partial charge in [0.15, 0.2) is 0 Å². The van der Waals surface area contributed by atoms with Crippen LogP contribution in [0, 0.1) is 18.8 Å². The Morgan fingerprint density at radius 1 is 1.12 bits per heavy atom. The lowest BCUT2D eigenvalue weighted by Gasteiger charge is -2.29. The van der Waals surface area contributed by atoms with E-state index in [0.29, 0.717) is 27.5 Å². The van der Waals surface area contributed by atoms with Crippen molar-refractivity contribution in [2.45, 2.75) is 31.3 Å². The first-order valence-corrected chi connectivity index (χ1v) is 10.7. The molecule has 4 unspecified atom stereocenters. The first-order valence-electron chi connectivity index (χ1n) is 10.4. The average Bonchev–Trinajstić information content (AvgIpc) is 3.35. The Bertz CT molecular complexity index is 1180. The minimum absolute atomic E-state index is 0.0257. The van der Waals surface area contributed by atoms with Gasteiger partial charge in [0.1, 0.15) is 5.54 Å². The van der Waals surface area contributed by atoms with Gasteiger partial charge in [0.05, 0.1) is 23.2 Å². The van der Waals surface area contributed by atoms with Gasteiger partial charge in [0.25, 0.3) is 0 Å². The molecule has 32 heavy (non-hydrogen) atoms. The topological polar surface area (TPSA) is 122 Å². The van der Waals surface area contributed by atoms with Gasteiger partial charge in [-0.25, -0.2) is 4.90 Å². The molecule has 5 rings (SSSR count). The number of halogens is 1. The van der Waals surface area contributed by atoms with Crippen molar-refractivity contribution in [3.05, 3.63) is 58.6 Å². The van der Waals surface area contributed by atoms with E-state index in [-0.39, 0.29) is 12.8 Å². The predicted molar refractivity (Wildman–Crippen MR) is 118 cm³/mol. The summed E-state index contributed by atoms with van der Waals surface area (Å²) in [5, 5.41) is 6.63. The highest BCUT2D eigenvalue weighted by molar-refractivity contribution is 6.32. The van der Waals surface area contributed by atoms with Gasteiger partial charge in [-0.3, -0.25) is 24.5 Å². The summed E-state index contributed by atoms with van der Waals surface area (Å²) < 4.78 is 0. The Morgan fingerprint density at radius 2 is 1.84 bits per heavy atom. The molecule has 164 valence electrons. The summed E-state index contributed by atoms with van der Waals surface area (Å²) in [5.41, 5.74) is 6.17. The molecule has 4 amide bonds. The molecule has 0 saturated carbocycles. The van der Waals surface area contributed by atoms with Crippen LogP contribution >= 0.6 is 11.6 Å². The molecule has 0 bridgehead atoms. The van der Waals surface area contributed by atoms with E-state index in [9.17, 15) is 19.2 Å². The molecule has 0 aliphatic carbocycles. The number of imide groups is 1. The van der Waals surface area contributed by atoms with E-state index in [4.69, 9.17) is 17.3 Å². The molecule has 2 fully saturated rings. The predicted octanol–water partition coefficient (Wildman–Crippen LogP) is 1.84. The number of hydrogen-bond acceptors (Lipinski definition) is 5. The number of rotatable bonds is 4. The quantitative estimate of drug-likeness (QED) is 0.611. The number of carbonyl (C=O) groups is 4.